The molecule has 126 valence electrons. The summed E-state index contributed by atoms with van der Waals surface area (Å²) >= 11 is 4.57. The lowest BCUT2D eigenvalue weighted by molar-refractivity contribution is -0.135. The van der Waals surface area contributed by atoms with Crippen LogP contribution >= 0.6 is 27.7 Å². The van der Waals surface area contributed by atoms with Gasteiger partial charge in [0, 0.05) is 10.5 Å². The van der Waals surface area contributed by atoms with Crippen LogP contribution in [0.1, 0.15) is 5.56 Å². The van der Waals surface area contributed by atoms with Gasteiger partial charge in [-0.2, -0.15) is 5.10 Å². The van der Waals surface area contributed by atoms with Crippen LogP contribution in [0.4, 0.5) is 0 Å². The van der Waals surface area contributed by atoms with Gasteiger partial charge in [-0.1, -0.05) is 40.2 Å². The first-order chi connectivity index (χ1) is 12.1. The van der Waals surface area contributed by atoms with Crippen LogP contribution in [0.5, 0.6) is 0 Å². The predicted octanol–water partition coefficient (Wildman–Crippen LogP) is 3.21. The number of hydrogen-bond acceptors (Lipinski definition) is 6. The first-order valence-electron chi connectivity index (χ1n) is 7.15. The molecule has 0 aromatic heterocycles. The van der Waals surface area contributed by atoms with Gasteiger partial charge < -0.3 is 4.74 Å². The highest BCUT2D eigenvalue weighted by Gasteiger charge is 2.24. The summed E-state index contributed by atoms with van der Waals surface area (Å²) in [6.07, 6.45) is 2.71. The Kier molecular flexibility index (Phi) is 5.30. The van der Waals surface area contributed by atoms with Crippen molar-refractivity contribution in [2.75, 3.05) is 7.11 Å². The van der Waals surface area contributed by atoms with Gasteiger partial charge in [-0.15, -0.1) is 5.10 Å². The average Bonchev–Trinajstić information content (AvgIpc) is 2.94. The second kappa shape index (κ2) is 7.62. The van der Waals surface area contributed by atoms with Crippen LogP contribution < -0.4 is 5.32 Å². The van der Waals surface area contributed by atoms with Crippen molar-refractivity contribution < 1.29 is 14.3 Å². The number of thioether (sulfide) groups is 1. The third-order valence-electron chi connectivity index (χ3n) is 3.29. The van der Waals surface area contributed by atoms with Crippen molar-refractivity contribution in [1.82, 2.24) is 5.32 Å². The lowest BCUT2D eigenvalue weighted by Gasteiger charge is -2.02. The SMILES string of the molecule is COC(=O)/C=C1/S/C(=N\N=Cc2cc(Br)c3ccccc3c2)NC1=O. The van der Waals surface area contributed by atoms with Gasteiger partial charge in [-0.25, -0.2) is 4.79 Å². The first kappa shape index (κ1) is 17.4. The van der Waals surface area contributed by atoms with E-state index in [0.29, 0.717) is 5.17 Å². The molecule has 1 heterocycles. The number of nitrogens with one attached hydrogen (secondary N) is 1. The molecular weight excluding hydrogens is 406 g/mol. The van der Waals surface area contributed by atoms with E-state index in [1.165, 1.54) is 7.11 Å². The molecular formula is C17H12BrN3O3S. The molecule has 0 aliphatic carbocycles. The average molecular weight is 418 g/mol. The molecule has 1 aliphatic heterocycles. The van der Waals surface area contributed by atoms with Crippen LogP contribution in [0, 0.1) is 0 Å². The Balaban J connectivity index is 1.77. The number of nitrogens with zero attached hydrogens (tertiary/aromatic N) is 2. The number of esters is 1. The highest BCUT2D eigenvalue weighted by Crippen LogP contribution is 2.25. The third kappa shape index (κ3) is 4.15. The normalized spacial score (nSPS) is 17.6. The van der Waals surface area contributed by atoms with Crippen LogP contribution in [0.3, 0.4) is 0 Å². The zero-order valence-electron chi connectivity index (χ0n) is 13.0. The number of hydrogen-bond donors (Lipinski definition) is 1. The zero-order valence-corrected chi connectivity index (χ0v) is 15.4. The monoisotopic (exact) mass is 417 g/mol. The van der Waals surface area contributed by atoms with Crippen LogP contribution in [-0.2, 0) is 14.3 Å². The Labute approximate surface area is 156 Å². The molecule has 1 amide bonds. The number of halogens is 1. The molecule has 1 fully saturated rings. The van der Waals surface area contributed by atoms with E-state index >= 15 is 0 Å². The van der Waals surface area contributed by atoms with Crippen molar-refractivity contribution in [1.29, 1.82) is 0 Å². The second-order valence-corrected chi connectivity index (χ2v) is 6.85. The molecule has 6 nitrogen and oxygen atoms in total. The van der Waals surface area contributed by atoms with Crippen molar-refractivity contribution in [2.45, 2.75) is 0 Å². The minimum Gasteiger partial charge on any atom is -0.466 e. The summed E-state index contributed by atoms with van der Waals surface area (Å²) in [5.41, 5.74) is 0.870. The van der Waals surface area contributed by atoms with Crippen molar-refractivity contribution in [3.8, 4) is 0 Å². The maximum absolute atomic E-state index is 11.7. The number of amides is 1. The number of ether oxygens (including phenoxy) is 1. The van der Waals surface area contributed by atoms with Crippen LogP contribution in [0.2, 0.25) is 0 Å². The van der Waals surface area contributed by atoms with Gasteiger partial charge in [0.25, 0.3) is 5.91 Å². The second-order valence-electron chi connectivity index (χ2n) is 4.96. The Morgan fingerprint density at radius 1 is 1.32 bits per heavy atom. The van der Waals surface area contributed by atoms with Crippen molar-refractivity contribution in [3.05, 3.63) is 57.4 Å². The summed E-state index contributed by atoms with van der Waals surface area (Å²) in [7, 11) is 1.25. The fourth-order valence-corrected chi connectivity index (χ4v) is 3.51. The van der Waals surface area contributed by atoms with Crippen molar-refractivity contribution >= 4 is 61.7 Å². The fraction of sp³-hybridized carbons (Fsp3) is 0.0588. The van der Waals surface area contributed by atoms with Crippen LogP contribution in [0.15, 0.2) is 62.1 Å². The quantitative estimate of drug-likeness (QED) is 0.359. The number of amidine groups is 1. The van der Waals surface area contributed by atoms with Gasteiger partial charge in [-0.3, -0.25) is 10.1 Å². The molecule has 3 rings (SSSR count). The minimum atomic E-state index is -0.594. The molecule has 1 saturated heterocycles. The molecule has 1 aliphatic rings. The van der Waals surface area contributed by atoms with E-state index in [2.05, 4.69) is 36.2 Å². The number of carbonyl (C=O) groups is 2. The maximum atomic E-state index is 11.7. The highest BCUT2D eigenvalue weighted by molar-refractivity contribution is 9.10. The Morgan fingerprint density at radius 3 is 2.92 bits per heavy atom. The van der Waals surface area contributed by atoms with E-state index in [9.17, 15) is 9.59 Å². The third-order valence-corrected chi connectivity index (χ3v) is 4.85. The van der Waals surface area contributed by atoms with E-state index in [0.717, 1.165) is 38.6 Å². The highest BCUT2D eigenvalue weighted by atomic mass is 79.9. The molecule has 0 atom stereocenters. The Bertz CT molecular complexity index is 953. The summed E-state index contributed by atoms with van der Waals surface area (Å²) in [5.74, 6) is -0.999. The van der Waals surface area contributed by atoms with Gasteiger partial charge in [-0.05, 0) is 40.2 Å². The Morgan fingerprint density at radius 2 is 2.12 bits per heavy atom. The van der Waals surface area contributed by atoms with E-state index in [1.807, 2.05) is 36.4 Å². The molecule has 1 N–H and O–H groups in total. The van der Waals surface area contributed by atoms with E-state index in [-0.39, 0.29) is 4.91 Å². The zero-order chi connectivity index (χ0) is 17.8. The topological polar surface area (TPSA) is 80.1 Å². The molecule has 25 heavy (non-hydrogen) atoms. The van der Waals surface area contributed by atoms with Crippen molar-refractivity contribution in [2.24, 2.45) is 10.2 Å². The molecule has 0 bridgehead atoms. The predicted molar refractivity (Wildman–Crippen MR) is 103 cm³/mol. The lowest BCUT2D eigenvalue weighted by atomic mass is 10.1. The summed E-state index contributed by atoms with van der Waals surface area (Å²) in [4.78, 5) is 23.1. The number of carbonyl (C=O) groups excluding carboxylic acids is 2. The largest absolute Gasteiger partial charge is 0.466 e. The molecule has 0 spiro atoms. The summed E-state index contributed by atoms with van der Waals surface area (Å²) < 4.78 is 5.46. The molecule has 2 aromatic carbocycles. The lowest BCUT2D eigenvalue weighted by Crippen LogP contribution is -2.19. The molecule has 8 heteroatoms. The van der Waals surface area contributed by atoms with E-state index in [4.69, 9.17) is 0 Å². The maximum Gasteiger partial charge on any atom is 0.331 e. The Hall–Kier alpha value is -2.45. The van der Waals surface area contributed by atoms with E-state index < -0.39 is 11.9 Å². The van der Waals surface area contributed by atoms with Crippen molar-refractivity contribution in [3.63, 3.8) is 0 Å². The summed E-state index contributed by atoms with van der Waals surface area (Å²) in [6.45, 7) is 0. The van der Waals surface area contributed by atoms with Crippen LogP contribution in [-0.4, -0.2) is 30.4 Å². The van der Waals surface area contributed by atoms with Gasteiger partial charge in [0.1, 0.15) is 0 Å². The van der Waals surface area contributed by atoms with Gasteiger partial charge >= 0.3 is 5.97 Å². The number of methoxy groups -OCH3 is 1. The van der Waals surface area contributed by atoms with Gasteiger partial charge in [0.2, 0.25) is 0 Å². The molecule has 0 unspecified atom stereocenters. The fourth-order valence-electron chi connectivity index (χ4n) is 2.15. The summed E-state index contributed by atoms with van der Waals surface area (Å²) in [5, 5.41) is 13.0. The molecule has 2 aromatic rings. The number of fused-ring (bicyclic) bond motifs is 1. The molecule has 0 radical (unpaired) electrons. The number of benzene rings is 2. The van der Waals surface area contributed by atoms with E-state index in [1.54, 1.807) is 6.21 Å². The van der Waals surface area contributed by atoms with Gasteiger partial charge in [0.15, 0.2) is 5.17 Å². The minimum absolute atomic E-state index is 0.217. The standard InChI is InChI=1S/C17H12BrN3O3S/c1-24-15(22)8-14-16(23)20-17(25-14)21-19-9-10-6-11-4-2-3-5-12(11)13(18)7-10/h2-9H,1H3,(H,20,21,23)/b14-8+,19-9?. The van der Waals surface area contributed by atoms with Crippen LogP contribution in [0.25, 0.3) is 10.8 Å². The number of rotatable bonds is 3. The summed E-state index contributed by atoms with van der Waals surface area (Å²) in [6, 6.07) is 11.9. The molecule has 0 saturated carbocycles. The smallest absolute Gasteiger partial charge is 0.331 e. The first-order valence-corrected chi connectivity index (χ1v) is 8.76. The van der Waals surface area contributed by atoms with Gasteiger partial charge in [0.05, 0.1) is 18.2 Å².